The maximum Gasteiger partial charge on any atom is 0.0888 e. The summed E-state index contributed by atoms with van der Waals surface area (Å²) in [5, 5.41) is 14.7. The SMILES string of the molecule is Cn1cc(C(O)C2(CN)CCCCCC2)cn1. The first-order valence-corrected chi connectivity index (χ1v) is 6.55. The lowest BCUT2D eigenvalue weighted by atomic mass is 9.73. The van der Waals surface area contributed by atoms with E-state index in [0.29, 0.717) is 6.54 Å². The Kier molecular flexibility index (Phi) is 3.84. The van der Waals surface area contributed by atoms with Gasteiger partial charge in [0, 0.05) is 30.8 Å². The second-order valence-corrected chi connectivity index (χ2v) is 5.33. The minimum atomic E-state index is -0.473. The van der Waals surface area contributed by atoms with Crippen molar-refractivity contribution >= 4 is 0 Å². The van der Waals surface area contributed by atoms with E-state index in [9.17, 15) is 5.11 Å². The highest BCUT2D eigenvalue weighted by Gasteiger charge is 2.38. The van der Waals surface area contributed by atoms with Gasteiger partial charge in [-0.05, 0) is 12.8 Å². The molecule has 1 atom stereocenters. The Morgan fingerprint density at radius 3 is 2.53 bits per heavy atom. The first-order chi connectivity index (χ1) is 8.18. The van der Waals surface area contributed by atoms with Crippen LogP contribution in [0.25, 0.3) is 0 Å². The third kappa shape index (κ3) is 2.53. The van der Waals surface area contributed by atoms with Crippen molar-refractivity contribution in [3.8, 4) is 0 Å². The van der Waals surface area contributed by atoms with Crippen LogP contribution in [0, 0.1) is 5.41 Å². The van der Waals surface area contributed by atoms with E-state index in [1.807, 2.05) is 13.2 Å². The van der Waals surface area contributed by atoms with E-state index in [2.05, 4.69) is 5.10 Å². The molecular formula is C13H23N3O. The third-order valence-electron chi connectivity index (χ3n) is 4.13. The summed E-state index contributed by atoms with van der Waals surface area (Å²) >= 11 is 0. The lowest BCUT2D eigenvalue weighted by Gasteiger charge is -2.36. The first kappa shape index (κ1) is 12.6. The normalized spacial score (nSPS) is 22.1. The Labute approximate surface area is 103 Å². The molecule has 1 heterocycles. The molecule has 1 saturated carbocycles. The topological polar surface area (TPSA) is 64.1 Å². The summed E-state index contributed by atoms with van der Waals surface area (Å²) in [4.78, 5) is 0. The Balaban J connectivity index is 2.21. The van der Waals surface area contributed by atoms with E-state index in [1.165, 1.54) is 25.7 Å². The molecule has 1 fully saturated rings. The minimum Gasteiger partial charge on any atom is -0.388 e. The van der Waals surface area contributed by atoms with Crippen LogP contribution in [-0.4, -0.2) is 21.4 Å². The summed E-state index contributed by atoms with van der Waals surface area (Å²) < 4.78 is 1.74. The summed E-state index contributed by atoms with van der Waals surface area (Å²) in [6.07, 6.45) is 10.1. The lowest BCUT2D eigenvalue weighted by molar-refractivity contribution is 0.0166. The average molecular weight is 237 g/mol. The number of hydrogen-bond acceptors (Lipinski definition) is 3. The van der Waals surface area contributed by atoms with Gasteiger partial charge in [0.2, 0.25) is 0 Å². The zero-order valence-corrected chi connectivity index (χ0v) is 10.6. The van der Waals surface area contributed by atoms with Crippen LogP contribution in [-0.2, 0) is 7.05 Å². The summed E-state index contributed by atoms with van der Waals surface area (Å²) in [6.45, 7) is 0.559. The molecule has 17 heavy (non-hydrogen) atoms. The van der Waals surface area contributed by atoms with Crippen LogP contribution in [0.2, 0.25) is 0 Å². The van der Waals surface area contributed by atoms with Crippen molar-refractivity contribution in [1.82, 2.24) is 9.78 Å². The number of hydrogen-bond donors (Lipinski definition) is 2. The molecule has 1 aliphatic carbocycles. The van der Waals surface area contributed by atoms with Crippen molar-refractivity contribution in [2.45, 2.75) is 44.6 Å². The molecule has 0 radical (unpaired) electrons. The van der Waals surface area contributed by atoms with Crippen LogP contribution in [0.4, 0.5) is 0 Å². The summed E-state index contributed by atoms with van der Waals surface area (Å²) in [5.74, 6) is 0. The van der Waals surface area contributed by atoms with E-state index in [4.69, 9.17) is 5.73 Å². The standard InChI is InChI=1S/C13H23N3O/c1-16-9-11(8-15-16)12(17)13(10-14)6-4-2-3-5-7-13/h8-9,12,17H,2-7,10,14H2,1H3. The number of aromatic nitrogens is 2. The van der Waals surface area contributed by atoms with Crippen LogP contribution < -0.4 is 5.73 Å². The molecule has 0 saturated heterocycles. The molecule has 3 N–H and O–H groups in total. The maximum atomic E-state index is 10.6. The molecule has 0 amide bonds. The molecule has 96 valence electrons. The Bertz CT molecular complexity index is 353. The molecule has 0 spiro atoms. The number of rotatable bonds is 3. The summed E-state index contributed by atoms with van der Waals surface area (Å²) in [5.41, 5.74) is 6.73. The van der Waals surface area contributed by atoms with Gasteiger partial charge in [0.1, 0.15) is 0 Å². The van der Waals surface area contributed by atoms with Crippen molar-refractivity contribution < 1.29 is 5.11 Å². The number of nitrogens with zero attached hydrogens (tertiary/aromatic N) is 2. The third-order valence-corrected chi connectivity index (χ3v) is 4.13. The van der Waals surface area contributed by atoms with Crippen molar-refractivity contribution in [2.24, 2.45) is 18.2 Å². The van der Waals surface area contributed by atoms with Gasteiger partial charge in [0.15, 0.2) is 0 Å². The predicted octanol–water partition coefficient (Wildman–Crippen LogP) is 1.75. The van der Waals surface area contributed by atoms with Crippen molar-refractivity contribution in [2.75, 3.05) is 6.54 Å². The monoisotopic (exact) mass is 237 g/mol. The number of aliphatic hydroxyl groups excluding tert-OH is 1. The minimum absolute atomic E-state index is 0.139. The van der Waals surface area contributed by atoms with E-state index in [0.717, 1.165) is 18.4 Å². The molecule has 4 heteroatoms. The average Bonchev–Trinajstić information content (AvgIpc) is 2.64. The Morgan fingerprint density at radius 2 is 2.06 bits per heavy atom. The van der Waals surface area contributed by atoms with Gasteiger partial charge in [-0.3, -0.25) is 4.68 Å². The second-order valence-electron chi connectivity index (χ2n) is 5.33. The Hall–Kier alpha value is -0.870. The van der Waals surface area contributed by atoms with Crippen LogP contribution in [0.5, 0.6) is 0 Å². The molecule has 1 aromatic rings. The number of nitrogens with two attached hydrogens (primary N) is 1. The van der Waals surface area contributed by atoms with Gasteiger partial charge >= 0.3 is 0 Å². The van der Waals surface area contributed by atoms with Crippen molar-refractivity contribution in [1.29, 1.82) is 0 Å². The quantitative estimate of drug-likeness (QED) is 0.787. The molecule has 1 aliphatic rings. The highest BCUT2D eigenvalue weighted by molar-refractivity contribution is 5.12. The fraction of sp³-hybridized carbons (Fsp3) is 0.769. The van der Waals surface area contributed by atoms with Crippen molar-refractivity contribution in [3.05, 3.63) is 18.0 Å². The van der Waals surface area contributed by atoms with E-state index < -0.39 is 6.10 Å². The fourth-order valence-corrected chi connectivity index (χ4v) is 2.96. The van der Waals surface area contributed by atoms with Crippen LogP contribution in [0.3, 0.4) is 0 Å². The van der Waals surface area contributed by atoms with Crippen LogP contribution in [0.1, 0.15) is 50.2 Å². The molecule has 1 aromatic heterocycles. The molecular weight excluding hydrogens is 214 g/mol. The highest BCUT2D eigenvalue weighted by atomic mass is 16.3. The molecule has 2 rings (SSSR count). The van der Waals surface area contributed by atoms with Crippen molar-refractivity contribution in [3.63, 3.8) is 0 Å². The summed E-state index contributed by atoms with van der Waals surface area (Å²) in [6, 6.07) is 0. The molecule has 4 nitrogen and oxygen atoms in total. The fourth-order valence-electron chi connectivity index (χ4n) is 2.96. The molecule has 0 aromatic carbocycles. The largest absolute Gasteiger partial charge is 0.388 e. The number of aryl methyl sites for hydroxylation is 1. The zero-order valence-electron chi connectivity index (χ0n) is 10.6. The first-order valence-electron chi connectivity index (χ1n) is 6.55. The van der Waals surface area contributed by atoms with Gasteiger partial charge in [-0.15, -0.1) is 0 Å². The van der Waals surface area contributed by atoms with Gasteiger partial charge in [-0.2, -0.15) is 5.10 Å². The van der Waals surface area contributed by atoms with Crippen LogP contribution >= 0.6 is 0 Å². The van der Waals surface area contributed by atoms with Gasteiger partial charge in [0.05, 0.1) is 12.3 Å². The molecule has 0 aliphatic heterocycles. The van der Waals surface area contributed by atoms with Gasteiger partial charge < -0.3 is 10.8 Å². The predicted molar refractivity (Wildman–Crippen MR) is 67.4 cm³/mol. The maximum absolute atomic E-state index is 10.6. The van der Waals surface area contributed by atoms with Crippen LogP contribution in [0.15, 0.2) is 12.4 Å². The number of aliphatic hydroxyl groups is 1. The Morgan fingerprint density at radius 1 is 1.41 bits per heavy atom. The molecule has 0 bridgehead atoms. The summed E-state index contributed by atoms with van der Waals surface area (Å²) in [7, 11) is 1.87. The smallest absolute Gasteiger partial charge is 0.0888 e. The lowest BCUT2D eigenvalue weighted by Crippen LogP contribution is -2.36. The molecule has 1 unspecified atom stereocenters. The highest BCUT2D eigenvalue weighted by Crippen LogP contribution is 2.44. The van der Waals surface area contributed by atoms with Gasteiger partial charge in [-0.1, -0.05) is 25.7 Å². The van der Waals surface area contributed by atoms with E-state index >= 15 is 0 Å². The van der Waals surface area contributed by atoms with Gasteiger partial charge in [0.25, 0.3) is 0 Å². The van der Waals surface area contributed by atoms with E-state index in [-0.39, 0.29) is 5.41 Å². The van der Waals surface area contributed by atoms with Gasteiger partial charge in [-0.25, -0.2) is 0 Å². The zero-order chi connectivity index (χ0) is 12.3. The second kappa shape index (κ2) is 5.19. The van der Waals surface area contributed by atoms with E-state index in [1.54, 1.807) is 10.9 Å².